The van der Waals surface area contributed by atoms with Gasteiger partial charge in [0.2, 0.25) is 0 Å². The van der Waals surface area contributed by atoms with Crippen LogP contribution in [0.1, 0.15) is 33.6 Å². The Labute approximate surface area is 199 Å². The van der Waals surface area contributed by atoms with Crippen molar-refractivity contribution in [2.24, 2.45) is 0 Å². The molecule has 10 heteroatoms. The summed E-state index contributed by atoms with van der Waals surface area (Å²) in [6, 6.07) is 7.49. The molecule has 2 heterocycles. The van der Waals surface area contributed by atoms with Crippen LogP contribution in [0.15, 0.2) is 35.5 Å². The van der Waals surface area contributed by atoms with Crippen molar-refractivity contribution in [3.05, 3.63) is 35.5 Å². The molecule has 0 aliphatic carbocycles. The van der Waals surface area contributed by atoms with E-state index in [-0.39, 0.29) is 36.7 Å². The molecule has 0 bridgehead atoms. The number of hydrogen-bond acceptors (Lipinski definition) is 9. The first-order chi connectivity index (χ1) is 16.1. The second-order valence-electron chi connectivity index (χ2n) is 9.17. The highest BCUT2D eigenvalue weighted by Gasteiger charge is 2.32. The van der Waals surface area contributed by atoms with E-state index in [0.717, 1.165) is 18.5 Å². The fraction of sp³-hybridized carbons (Fsp3) is 0.542. The maximum absolute atomic E-state index is 12.4. The molecule has 186 valence electrons. The lowest BCUT2D eigenvalue weighted by molar-refractivity contribution is -0.140. The Bertz CT molecular complexity index is 937. The molecule has 3 rings (SSSR count). The SMILES string of the molecule is COC(=O)C1=C(C(=O)OC)N(c2ccc(NC3CCCN(C(=O)OC(C)(C)C)C3)cc2)COC1. The number of amides is 1. The average molecular weight is 476 g/mol. The van der Waals surface area contributed by atoms with Crippen LogP contribution >= 0.6 is 0 Å². The summed E-state index contributed by atoms with van der Waals surface area (Å²) in [7, 11) is 2.51. The summed E-state index contributed by atoms with van der Waals surface area (Å²) in [4.78, 5) is 40.3. The molecule has 2 aliphatic rings. The van der Waals surface area contributed by atoms with Gasteiger partial charge in [0.25, 0.3) is 0 Å². The van der Waals surface area contributed by atoms with E-state index < -0.39 is 17.5 Å². The highest BCUT2D eigenvalue weighted by Crippen LogP contribution is 2.28. The van der Waals surface area contributed by atoms with Crippen LogP contribution in [0.2, 0.25) is 0 Å². The minimum Gasteiger partial charge on any atom is -0.466 e. The smallest absolute Gasteiger partial charge is 0.410 e. The van der Waals surface area contributed by atoms with Gasteiger partial charge >= 0.3 is 18.0 Å². The number of methoxy groups -OCH3 is 2. The van der Waals surface area contributed by atoms with E-state index in [2.05, 4.69) is 5.32 Å². The Morgan fingerprint density at radius 1 is 1.06 bits per heavy atom. The molecule has 0 radical (unpaired) electrons. The van der Waals surface area contributed by atoms with Crippen LogP contribution in [0, 0.1) is 0 Å². The summed E-state index contributed by atoms with van der Waals surface area (Å²) >= 11 is 0. The van der Waals surface area contributed by atoms with E-state index in [1.54, 1.807) is 9.80 Å². The molecule has 1 atom stereocenters. The maximum Gasteiger partial charge on any atom is 0.410 e. The molecule has 1 unspecified atom stereocenters. The molecule has 0 spiro atoms. The zero-order chi connectivity index (χ0) is 24.9. The minimum absolute atomic E-state index is 0.0386. The molecule has 2 aliphatic heterocycles. The summed E-state index contributed by atoms with van der Waals surface area (Å²) < 4.78 is 20.7. The second-order valence-corrected chi connectivity index (χ2v) is 9.17. The number of carbonyl (C=O) groups excluding carboxylic acids is 3. The number of benzene rings is 1. The predicted octanol–water partition coefficient (Wildman–Crippen LogP) is 2.89. The number of anilines is 2. The van der Waals surface area contributed by atoms with Crippen molar-refractivity contribution >= 4 is 29.4 Å². The molecule has 1 amide bonds. The number of rotatable bonds is 5. The number of piperidine rings is 1. The average Bonchev–Trinajstić information content (AvgIpc) is 2.82. The molecule has 0 saturated carbocycles. The predicted molar refractivity (Wildman–Crippen MR) is 125 cm³/mol. The summed E-state index contributed by atoms with van der Waals surface area (Å²) in [6.07, 6.45) is 1.51. The van der Waals surface area contributed by atoms with Crippen molar-refractivity contribution in [3.8, 4) is 0 Å². The van der Waals surface area contributed by atoms with Gasteiger partial charge in [0.05, 0.1) is 26.4 Å². The van der Waals surface area contributed by atoms with Crippen molar-refractivity contribution in [1.82, 2.24) is 4.90 Å². The van der Waals surface area contributed by atoms with E-state index in [4.69, 9.17) is 18.9 Å². The largest absolute Gasteiger partial charge is 0.466 e. The third-order valence-electron chi connectivity index (χ3n) is 5.46. The van der Waals surface area contributed by atoms with Crippen molar-refractivity contribution in [3.63, 3.8) is 0 Å². The van der Waals surface area contributed by atoms with Crippen LogP contribution in [0.4, 0.5) is 16.2 Å². The van der Waals surface area contributed by atoms with Crippen LogP contribution < -0.4 is 10.2 Å². The fourth-order valence-electron chi connectivity index (χ4n) is 3.91. The Morgan fingerprint density at radius 2 is 1.74 bits per heavy atom. The van der Waals surface area contributed by atoms with Crippen LogP contribution in [0.25, 0.3) is 0 Å². The van der Waals surface area contributed by atoms with Crippen LogP contribution in [-0.4, -0.2) is 75.2 Å². The number of esters is 2. The lowest BCUT2D eigenvalue weighted by atomic mass is 10.1. The van der Waals surface area contributed by atoms with E-state index in [9.17, 15) is 14.4 Å². The number of carbonyl (C=O) groups is 3. The molecule has 10 nitrogen and oxygen atoms in total. The van der Waals surface area contributed by atoms with Gasteiger partial charge in [0.15, 0.2) is 0 Å². The normalized spacial score (nSPS) is 18.9. The Morgan fingerprint density at radius 3 is 2.35 bits per heavy atom. The van der Waals surface area contributed by atoms with Gasteiger partial charge in [-0.3, -0.25) is 0 Å². The highest BCUT2D eigenvalue weighted by atomic mass is 16.6. The number of nitrogens with zero attached hydrogens (tertiary/aromatic N) is 2. The molecule has 1 aromatic carbocycles. The van der Waals surface area contributed by atoms with E-state index >= 15 is 0 Å². The molecule has 1 fully saturated rings. The van der Waals surface area contributed by atoms with Crippen molar-refractivity contribution in [2.45, 2.75) is 45.3 Å². The van der Waals surface area contributed by atoms with Gasteiger partial charge in [0, 0.05) is 30.5 Å². The third-order valence-corrected chi connectivity index (χ3v) is 5.46. The first-order valence-corrected chi connectivity index (χ1v) is 11.2. The maximum atomic E-state index is 12.4. The number of likely N-dealkylation sites (tertiary alicyclic amines) is 1. The Balaban J connectivity index is 1.71. The van der Waals surface area contributed by atoms with Gasteiger partial charge in [-0.1, -0.05) is 0 Å². The first kappa shape index (κ1) is 25.4. The van der Waals surface area contributed by atoms with Gasteiger partial charge in [-0.25, -0.2) is 14.4 Å². The Hall–Kier alpha value is -3.27. The second kappa shape index (κ2) is 10.8. The van der Waals surface area contributed by atoms with E-state index in [1.807, 2.05) is 45.0 Å². The van der Waals surface area contributed by atoms with E-state index in [1.165, 1.54) is 14.2 Å². The van der Waals surface area contributed by atoms with Crippen molar-refractivity contribution < 1.29 is 33.3 Å². The zero-order valence-electron chi connectivity index (χ0n) is 20.4. The van der Waals surface area contributed by atoms with Crippen LogP contribution in [0.5, 0.6) is 0 Å². The molecular formula is C24H33N3O7. The molecular weight excluding hydrogens is 442 g/mol. The number of nitrogens with one attached hydrogen (secondary N) is 1. The van der Waals surface area contributed by atoms with Crippen LogP contribution in [-0.2, 0) is 28.5 Å². The first-order valence-electron chi connectivity index (χ1n) is 11.2. The molecule has 1 N–H and O–H groups in total. The van der Waals surface area contributed by atoms with Gasteiger partial charge in [-0.2, -0.15) is 0 Å². The lowest BCUT2D eigenvalue weighted by Crippen LogP contribution is -2.46. The van der Waals surface area contributed by atoms with Gasteiger partial charge in [-0.15, -0.1) is 0 Å². The summed E-state index contributed by atoms with van der Waals surface area (Å²) in [5.74, 6) is -1.29. The summed E-state index contributed by atoms with van der Waals surface area (Å²) in [6.45, 7) is 6.84. The quantitative estimate of drug-likeness (QED) is 0.508. The standard InChI is InChI=1S/C24H33N3O7/c1-24(2,3)34-23(30)26-12-6-7-17(13-26)25-16-8-10-18(11-9-16)27-15-33-14-19(21(28)31-4)20(27)22(29)32-5/h8-11,17,25H,6-7,12-15H2,1-5H3. The molecule has 34 heavy (non-hydrogen) atoms. The fourth-order valence-corrected chi connectivity index (χ4v) is 3.91. The zero-order valence-corrected chi connectivity index (χ0v) is 20.4. The van der Waals surface area contributed by atoms with E-state index in [0.29, 0.717) is 18.8 Å². The van der Waals surface area contributed by atoms with Gasteiger partial charge < -0.3 is 34.1 Å². The summed E-state index contributed by atoms with van der Waals surface area (Å²) in [5, 5.41) is 3.46. The van der Waals surface area contributed by atoms with Crippen molar-refractivity contribution in [1.29, 1.82) is 0 Å². The lowest BCUT2D eigenvalue weighted by Gasteiger charge is -2.35. The Kier molecular flexibility index (Phi) is 8.03. The van der Waals surface area contributed by atoms with Crippen molar-refractivity contribution in [2.75, 3.05) is 50.9 Å². The minimum atomic E-state index is -0.643. The van der Waals surface area contributed by atoms with Gasteiger partial charge in [0.1, 0.15) is 18.0 Å². The highest BCUT2D eigenvalue weighted by molar-refractivity contribution is 6.03. The molecule has 1 aromatic rings. The third kappa shape index (κ3) is 6.19. The molecule has 0 aromatic heterocycles. The van der Waals surface area contributed by atoms with Gasteiger partial charge in [-0.05, 0) is 57.9 Å². The number of hydrogen-bond donors (Lipinski definition) is 1. The topological polar surface area (TPSA) is 107 Å². The molecule has 1 saturated heterocycles. The summed E-state index contributed by atoms with van der Waals surface area (Å²) in [5.41, 5.74) is 1.20. The van der Waals surface area contributed by atoms with Crippen LogP contribution in [0.3, 0.4) is 0 Å². The number of ether oxygens (including phenoxy) is 4. The monoisotopic (exact) mass is 475 g/mol.